The van der Waals surface area contributed by atoms with E-state index in [-0.39, 0.29) is 16.8 Å². The zero-order chi connectivity index (χ0) is 17.1. The topological polar surface area (TPSA) is 93.5 Å². The van der Waals surface area contributed by atoms with Crippen molar-refractivity contribution in [3.8, 4) is 5.75 Å². The lowest BCUT2D eigenvalue weighted by Gasteiger charge is -2.12. The Morgan fingerprint density at radius 1 is 1.33 bits per heavy atom. The first-order valence-corrected chi connectivity index (χ1v) is 7.64. The van der Waals surface area contributed by atoms with Crippen LogP contribution in [0.4, 0.5) is 16.2 Å². The minimum atomic E-state index is -0.602. The monoisotopic (exact) mass is 347 g/mol. The van der Waals surface area contributed by atoms with Crippen molar-refractivity contribution in [1.82, 2.24) is 5.32 Å². The van der Waals surface area contributed by atoms with Crippen LogP contribution in [0.15, 0.2) is 42.5 Å². The molecule has 1 heterocycles. The fourth-order valence-corrected chi connectivity index (χ4v) is 2.67. The molecule has 7 nitrogen and oxygen atoms in total. The lowest BCUT2D eigenvalue weighted by atomic mass is 10.1. The molecule has 2 aromatic carbocycles. The second-order valence-electron chi connectivity index (χ2n) is 5.31. The Morgan fingerprint density at radius 3 is 2.88 bits per heavy atom. The third-order valence-electron chi connectivity index (χ3n) is 3.60. The standard InChI is InChI=1S/C16H14ClN3O4/c17-13-6-5-11(8-14(13)20(22)23)19-16(21)18-9-12-7-10-3-1-2-4-15(10)24-12/h1-6,8,12H,7,9H2,(H2,18,19,21)/t12-/m1/s1. The molecule has 0 fully saturated rings. The fourth-order valence-electron chi connectivity index (χ4n) is 2.48. The van der Waals surface area contributed by atoms with Gasteiger partial charge in [0.15, 0.2) is 0 Å². The second kappa shape index (κ2) is 6.76. The summed E-state index contributed by atoms with van der Waals surface area (Å²) in [5, 5.41) is 16.1. The maximum atomic E-state index is 11.9. The number of hydrogen-bond donors (Lipinski definition) is 2. The number of para-hydroxylation sites is 1. The molecule has 124 valence electrons. The number of benzene rings is 2. The summed E-state index contributed by atoms with van der Waals surface area (Å²) in [6, 6.07) is 11.3. The maximum Gasteiger partial charge on any atom is 0.319 e. The molecule has 0 spiro atoms. The van der Waals surface area contributed by atoms with Gasteiger partial charge in [0.1, 0.15) is 16.9 Å². The first-order valence-electron chi connectivity index (χ1n) is 7.26. The third-order valence-corrected chi connectivity index (χ3v) is 3.92. The van der Waals surface area contributed by atoms with Crippen molar-refractivity contribution in [2.45, 2.75) is 12.5 Å². The number of halogens is 1. The summed E-state index contributed by atoms with van der Waals surface area (Å²) >= 11 is 5.73. The number of carbonyl (C=O) groups excluding carboxylic acids is 1. The summed E-state index contributed by atoms with van der Waals surface area (Å²) < 4.78 is 5.72. The van der Waals surface area contributed by atoms with Crippen LogP contribution in [0.3, 0.4) is 0 Å². The van der Waals surface area contributed by atoms with E-state index in [2.05, 4.69) is 10.6 Å². The van der Waals surface area contributed by atoms with Crippen molar-refractivity contribution in [2.24, 2.45) is 0 Å². The molecular formula is C16H14ClN3O4. The highest BCUT2D eigenvalue weighted by Gasteiger charge is 2.22. The summed E-state index contributed by atoms with van der Waals surface area (Å²) in [6.07, 6.45) is 0.593. The minimum Gasteiger partial charge on any atom is -0.488 e. The molecule has 0 aromatic heterocycles. The maximum absolute atomic E-state index is 11.9. The van der Waals surface area contributed by atoms with Gasteiger partial charge in [0.25, 0.3) is 5.69 Å². The van der Waals surface area contributed by atoms with Gasteiger partial charge in [0.2, 0.25) is 0 Å². The molecule has 1 aliphatic rings. The van der Waals surface area contributed by atoms with Crippen LogP contribution < -0.4 is 15.4 Å². The van der Waals surface area contributed by atoms with Crippen LogP contribution in [0, 0.1) is 10.1 Å². The van der Waals surface area contributed by atoms with Crippen LogP contribution >= 0.6 is 11.6 Å². The molecule has 2 N–H and O–H groups in total. The Balaban J connectivity index is 1.54. The number of nitro groups is 1. The first kappa shape index (κ1) is 16.1. The molecule has 0 radical (unpaired) electrons. The second-order valence-corrected chi connectivity index (χ2v) is 5.72. The Kier molecular flexibility index (Phi) is 4.52. The van der Waals surface area contributed by atoms with Crippen LogP contribution in [0.5, 0.6) is 5.75 Å². The van der Waals surface area contributed by atoms with Gasteiger partial charge in [-0.15, -0.1) is 0 Å². The molecule has 8 heteroatoms. The van der Waals surface area contributed by atoms with E-state index < -0.39 is 11.0 Å². The number of amides is 2. The molecular weight excluding hydrogens is 334 g/mol. The van der Waals surface area contributed by atoms with Gasteiger partial charge in [0.05, 0.1) is 11.5 Å². The lowest BCUT2D eigenvalue weighted by Crippen LogP contribution is -2.37. The molecule has 1 atom stereocenters. The fraction of sp³-hybridized carbons (Fsp3) is 0.188. The van der Waals surface area contributed by atoms with Crippen LogP contribution in [-0.4, -0.2) is 23.6 Å². The van der Waals surface area contributed by atoms with Crippen LogP contribution in [0.1, 0.15) is 5.56 Å². The highest BCUT2D eigenvalue weighted by atomic mass is 35.5. The number of nitro benzene ring substituents is 1. The summed E-state index contributed by atoms with van der Waals surface area (Å²) in [5.41, 5.74) is 1.14. The zero-order valence-electron chi connectivity index (χ0n) is 12.5. The van der Waals surface area contributed by atoms with Crippen molar-refractivity contribution >= 4 is 29.0 Å². The van der Waals surface area contributed by atoms with E-state index in [0.717, 1.165) is 17.7 Å². The first-order chi connectivity index (χ1) is 11.5. The minimum absolute atomic E-state index is 0.0167. The van der Waals surface area contributed by atoms with Gasteiger partial charge in [-0.2, -0.15) is 0 Å². The van der Waals surface area contributed by atoms with Crippen LogP contribution in [0.25, 0.3) is 0 Å². The Hall–Kier alpha value is -2.80. The SMILES string of the molecule is O=C(NC[C@H]1Cc2ccccc2O1)Nc1ccc(Cl)c([N+](=O)[O-])c1. The van der Waals surface area contributed by atoms with Gasteiger partial charge < -0.3 is 15.4 Å². The molecule has 0 bridgehead atoms. The number of nitrogens with one attached hydrogen (secondary N) is 2. The molecule has 2 aromatic rings. The molecule has 0 saturated heterocycles. The van der Waals surface area contributed by atoms with Gasteiger partial charge in [-0.1, -0.05) is 29.8 Å². The predicted molar refractivity (Wildman–Crippen MR) is 89.7 cm³/mol. The number of rotatable bonds is 4. The lowest BCUT2D eigenvalue weighted by molar-refractivity contribution is -0.384. The van der Waals surface area contributed by atoms with Gasteiger partial charge in [-0.25, -0.2) is 4.79 Å². The van der Waals surface area contributed by atoms with E-state index in [1.807, 2.05) is 24.3 Å². The average Bonchev–Trinajstić information content (AvgIpc) is 2.97. The average molecular weight is 348 g/mol. The molecule has 0 saturated carbocycles. The van der Waals surface area contributed by atoms with Gasteiger partial charge >= 0.3 is 6.03 Å². The Morgan fingerprint density at radius 2 is 2.12 bits per heavy atom. The smallest absolute Gasteiger partial charge is 0.319 e. The predicted octanol–water partition coefficient (Wildman–Crippen LogP) is 3.37. The van der Waals surface area contributed by atoms with Crippen molar-refractivity contribution in [1.29, 1.82) is 0 Å². The Labute approximate surface area is 142 Å². The molecule has 24 heavy (non-hydrogen) atoms. The van der Waals surface area contributed by atoms with Crippen molar-refractivity contribution in [2.75, 3.05) is 11.9 Å². The van der Waals surface area contributed by atoms with Gasteiger partial charge in [0, 0.05) is 18.2 Å². The number of urea groups is 1. The molecule has 0 aliphatic carbocycles. The number of carbonyl (C=O) groups is 1. The van der Waals surface area contributed by atoms with Crippen LogP contribution in [0.2, 0.25) is 5.02 Å². The van der Waals surface area contributed by atoms with Gasteiger partial charge in [-0.05, 0) is 23.8 Å². The summed E-state index contributed by atoms with van der Waals surface area (Å²) in [7, 11) is 0. The number of hydrogen-bond acceptors (Lipinski definition) is 4. The molecule has 3 rings (SSSR count). The van der Waals surface area contributed by atoms with Crippen molar-refractivity contribution < 1.29 is 14.5 Å². The number of fused-ring (bicyclic) bond motifs is 1. The van der Waals surface area contributed by atoms with E-state index in [0.29, 0.717) is 12.2 Å². The third kappa shape index (κ3) is 3.57. The largest absolute Gasteiger partial charge is 0.488 e. The highest BCUT2D eigenvalue weighted by molar-refractivity contribution is 6.32. The zero-order valence-corrected chi connectivity index (χ0v) is 13.2. The van der Waals surface area contributed by atoms with E-state index in [1.165, 1.54) is 18.2 Å². The van der Waals surface area contributed by atoms with E-state index in [9.17, 15) is 14.9 Å². The summed E-state index contributed by atoms with van der Waals surface area (Å²) in [4.78, 5) is 22.2. The summed E-state index contributed by atoms with van der Waals surface area (Å²) in [5.74, 6) is 0.832. The van der Waals surface area contributed by atoms with E-state index in [4.69, 9.17) is 16.3 Å². The number of anilines is 1. The quantitative estimate of drug-likeness (QED) is 0.655. The molecule has 1 aliphatic heterocycles. The normalized spacial score (nSPS) is 15.3. The number of nitrogens with zero attached hydrogens (tertiary/aromatic N) is 1. The van der Waals surface area contributed by atoms with Crippen molar-refractivity contribution in [3.05, 3.63) is 63.2 Å². The number of ether oxygens (including phenoxy) is 1. The highest BCUT2D eigenvalue weighted by Crippen LogP contribution is 2.28. The van der Waals surface area contributed by atoms with E-state index in [1.54, 1.807) is 0 Å². The van der Waals surface area contributed by atoms with Crippen molar-refractivity contribution in [3.63, 3.8) is 0 Å². The van der Waals surface area contributed by atoms with Gasteiger partial charge in [-0.3, -0.25) is 10.1 Å². The molecule has 2 amide bonds. The Bertz CT molecular complexity index is 772. The summed E-state index contributed by atoms with van der Waals surface area (Å²) in [6.45, 7) is 0.330. The van der Waals surface area contributed by atoms with E-state index >= 15 is 0 Å². The molecule has 0 unspecified atom stereocenters. The van der Waals surface area contributed by atoms with Crippen LogP contribution in [-0.2, 0) is 6.42 Å².